The Morgan fingerprint density at radius 1 is 1.43 bits per heavy atom. The van der Waals surface area contributed by atoms with Gasteiger partial charge in [0, 0.05) is 6.04 Å². The standard InChI is InChI=1S/C12H23NO/c1-9(12(2,3)4)11(13)10-6-5-7-14-8-10/h8-9,11H,5-7,13H2,1-4H3. The van der Waals surface area contributed by atoms with Crippen LogP contribution in [0.2, 0.25) is 0 Å². The summed E-state index contributed by atoms with van der Waals surface area (Å²) in [5, 5.41) is 0. The first kappa shape index (κ1) is 11.6. The van der Waals surface area contributed by atoms with Crippen LogP contribution in [0.15, 0.2) is 11.8 Å². The Hall–Kier alpha value is -0.500. The van der Waals surface area contributed by atoms with Gasteiger partial charge >= 0.3 is 0 Å². The normalized spacial score (nSPS) is 22.2. The van der Waals surface area contributed by atoms with Crippen LogP contribution in [-0.4, -0.2) is 12.6 Å². The van der Waals surface area contributed by atoms with Crippen LogP contribution >= 0.6 is 0 Å². The molecule has 1 heterocycles. The first-order chi connectivity index (χ1) is 6.43. The summed E-state index contributed by atoms with van der Waals surface area (Å²) in [4.78, 5) is 0. The molecule has 2 nitrogen and oxygen atoms in total. The van der Waals surface area contributed by atoms with E-state index in [-0.39, 0.29) is 11.5 Å². The molecule has 2 atom stereocenters. The van der Waals surface area contributed by atoms with Crippen LogP contribution in [0.25, 0.3) is 0 Å². The van der Waals surface area contributed by atoms with Crippen molar-refractivity contribution in [2.45, 2.75) is 46.6 Å². The van der Waals surface area contributed by atoms with Gasteiger partial charge < -0.3 is 10.5 Å². The second-order valence-corrected chi connectivity index (χ2v) is 5.35. The first-order valence-corrected chi connectivity index (χ1v) is 5.49. The van der Waals surface area contributed by atoms with Crippen LogP contribution in [0.3, 0.4) is 0 Å². The first-order valence-electron chi connectivity index (χ1n) is 5.49. The molecule has 1 aliphatic rings. The molecule has 0 aromatic rings. The lowest BCUT2D eigenvalue weighted by Crippen LogP contribution is -2.38. The summed E-state index contributed by atoms with van der Waals surface area (Å²) in [7, 11) is 0. The van der Waals surface area contributed by atoms with Crippen LogP contribution < -0.4 is 5.73 Å². The Morgan fingerprint density at radius 3 is 2.50 bits per heavy atom. The van der Waals surface area contributed by atoms with Crippen molar-refractivity contribution in [3.8, 4) is 0 Å². The van der Waals surface area contributed by atoms with Gasteiger partial charge in [0.1, 0.15) is 0 Å². The molecule has 0 aromatic carbocycles. The van der Waals surface area contributed by atoms with Gasteiger partial charge in [0.2, 0.25) is 0 Å². The average Bonchev–Trinajstić information content (AvgIpc) is 2.15. The van der Waals surface area contributed by atoms with Crippen molar-refractivity contribution in [3.63, 3.8) is 0 Å². The van der Waals surface area contributed by atoms with E-state index in [1.807, 2.05) is 6.26 Å². The summed E-state index contributed by atoms with van der Waals surface area (Å²) in [5.74, 6) is 0.482. The number of hydrogen-bond acceptors (Lipinski definition) is 2. The SMILES string of the molecule is CC(C(N)C1=COCCC1)C(C)(C)C. The van der Waals surface area contributed by atoms with E-state index in [0.29, 0.717) is 5.92 Å². The minimum absolute atomic E-state index is 0.148. The maximum atomic E-state index is 6.23. The summed E-state index contributed by atoms with van der Waals surface area (Å²) >= 11 is 0. The van der Waals surface area contributed by atoms with E-state index in [1.165, 1.54) is 5.57 Å². The molecule has 0 bridgehead atoms. The van der Waals surface area contributed by atoms with Gasteiger partial charge in [0.05, 0.1) is 12.9 Å². The fourth-order valence-corrected chi connectivity index (χ4v) is 1.69. The van der Waals surface area contributed by atoms with Gasteiger partial charge in [0.25, 0.3) is 0 Å². The fraction of sp³-hybridized carbons (Fsp3) is 0.833. The Morgan fingerprint density at radius 2 is 2.07 bits per heavy atom. The molecule has 82 valence electrons. The second kappa shape index (κ2) is 4.35. The summed E-state index contributed by atoms with van der Waals surface area (Å²) in [5.41, 5.74) is 7.77. The molecule has 1 rings (SSSR count). The fourth-order valence-electron chi connectivity index (χ4n) is 1.69. The summed E-state index contributed by atoms with van der Waals surface area (Å²) in [6, 6.07) is 0.148. The predicted molar refractivity (Wildman–Crippen MR) is 59.9 cm³/mol. The van der Waals surface area contributed by atoms with Crippen LogP contribution in [0.1, 0.15) is 40.5 Å². The molecule has 2 N–H and O–H groups in total. The molecule has 0 amide bonds. The maximum absolute atomic E-state index is 6.23. The van der Waals surface area contributed by atoms with Crippen LogP contribution in [0.5, 0.6) is 0 Å². The number of ether oxygens (including phenoxy) is 1. The highest BCUT2D eigenvalue weighted by atomic mass is 16.5. The van der Waals surface area contributed by atoms with Crippen molar-refractivity contribution in [1.29, 1.82) is 0 Å². The topological polar surface area (TPSA) is 35.2 Å². The zero-order valence-corrected chi connectivity index (χ0v) is 9.84. The van der Waals surface area contributed by atoms with E-state index >= 15 is 0 Å². The molecule has 0 spiro atoms. The zero-order valence-electron chi connectivity index (χ0n) is 9.84. The Bertz CT molecular complexity index is 215. The summed E-state index contributed by atoms with van der Waals surface area (Å²) in [6.45, 7) is 9.78. The highest BCUT2D eigenvalue weighted by molar-refractivity contribution is 5.11. The molecule has 0 aliphatic carbocycles. The van der Waals surface area contributed by atoms with E-state index in [4.69, 9.17) is 10.5 Å². The van der Waals surface area contributed by atoms with Gasteiger partial charge in [-0.2, -0.15) is 0 Å². The molecule has 0 saturated carbocycles. The van der Waals surface area contributed by atoms with Gasteiger partial charge in [-0.05, 0) is 29.7 Å². The van der Waals surface area contributed by atoms with Gasteiger partial charge in [-0.15, -0.1) is 0 Å². The van der Waals surface area contributed by atoms with Crippen LogP contribution in [-0.2, 0) is 4.74 Å². The predicted octanol–water partition coefficient (Wildman–Crippen LogP) is 2.69. The lowest BCUT2D eigenvalue weighted by molar-refractivity contribution is 0.197. The van der Waals surface area contributed by atoms with Gasteiger partial charge in [-0.3, -0.25) is 0 Å². The average molecular weight is 197 g/mol. The summed E-state index contributed by atoms with van der Waals surface area (Å²) in [6.07, 6.45) is 4.08. The lowest BCUT2D eigenvalue weighted by Gasteiger charge is -2.34. The van der Waals surface area contributed by atoms with Crippen molar-refractivity contribution in [1.82, 2.24) is 0 Å². The van der Waals surface area contributed by atoms with Gasteiger partial charge in [-0.1, -0.05) is 27.7 Å². The van der Waals surface area contributed by atoms with E-state index in [1.54, 1.807) is 0 Å². The number of nitrogens with two attached hydrogens (primary N) is 1. The molecule has 2 heteroatoms. The molecule has 14 heavy (non-hydrogen) atoms. The molecule has 0 radical (unpaired) electrons. The lowest BCUT2D eigenvalue weighted by atomic mass is 9.75. The monoisotopic (exact) mass is 197 g/mol. The third-order valence-electron chi connectivity index (χ3n) is 3.30. The van der Waals surface area contributed by atoms with Crippen LogP contribution in [0, 0.1) is 11.3 Å². The highest BCUT2D eigenvalue weighted by Crippen LogP contribution is 2.31. The van der Waals surface area contributed by atoms with E-state index < -0.39 is 0 Å². The minimum Gasteiger partial charge on any atom is -0.501 e. The van der Waals surface area contributed by atoms with Crippen molar-refractivity contribution in [2.24, 2.45) is 17.1 Å². The molecular formula is C12H23NO. The molecular weight excluding hydrogens is 174 g/mol. The zero-order chi connectivity index (χ0) is 10.8. The van der Waals surface area contributed by atoms with E-state index in [9.17, 15) is 0 Å². The quantitative estimate of drug-likeness (QED) is 0.738. The summed E-state index contributed by atoms with van der Waals surface area (Å²) < 4.78 is 5.32. The van der Waals surface area contributed by atoms with Gasteiger partial charge in [0.15, 0.2) is 0 Å². The Labute approximate surface area is 87.5 Å². The third kappa shape index (κ3) is 2.74. The molecule has 0 aromatic heterocycles. The van der Waals surface area contributed by atoms with Crippen molar-refractivity contribution >= 4 is 0 Å². The Kier molecular flexibility index (Phi) is 3.59. The van der Waals surface area contributed by atoms with Crippen LogP contribution in [0.4, 0.5) is 0 Å². The molecule has 0 saturated heterocycles. The molecule has 2 unspecified atom stereocenters. The van der Waals surface area contributed by atoms with Crippen molar-refractivity contribution in [3.05, 3.63) is 11.8 Å². The van der Waals surface area contributed by atoms with E-state index in [0.717, 1.165) is 19.4 Å². The van der Waals surface area contributed by atoms with Crippen molar-refractivity contribution < 1.29 is 4.74 Å². The maximum Gasteiger partial charge on any atom is 0.0876 e. The van der Waals surface area contributed by atoms with Crippen molar-refractivity contribution in [2.75, 3.05) is 6.61 Å². The van der Waals surface area contributed by atoms with E-state index in [2.05, 4.69) is 27.7 Å². The molecule has 1 aliphatic heterocycles. The largest absolute Gasteiger partial charge is 0.501 e. The van der Waals surface area contributed by atoms with Gasteiger partial charge in [-0.25, -0.2) is 0 Å². The Balaban J connectivity index is 2.64. The third-order valence-corrected chi connectivity index (χ3v) is 3.30. The smallest absolute Gasteiger partial charge is 0.0876 e. The molecule has 0 fully saturated rings. The number of hydrogen-bond donors (Lipinski definition) is 1. The highest BCUT2D eigenvalue weighted by Gasteiger charge is 2.28. The second-order valence-electron chi connectivity index (χ2n) is 5.35. The number of rotatable bonds is 2. The minimum atomic E-state index is 0.148.